The van der Waals surface area contributed by atoms with Crippen LogP contribution in [0.15, 0.2) is 44.8 Å². The molecule has 0 saturated carbocycles. The highest BCUT2D eigenvalue weighted by Crippen LogP contribution is 2.43. The second kappa shape index (κ2) is 6.72. The number of nitrogens with zero attached hydrogens (tertiary/aromatic N) is 1. The second-order valence-corrected chi connectivity index (χ2v) is 6.50. The van der Waals surface area contributed by atoms with Crippen molar-refractivity contribution >= 4 is 33.5 Å². The van der Waals surface area contributed by atoms with Gasteiger partial charge in [0.05, 0.1) is 18.1 Å². The van der Waals surface area contributed by atoms with Crippen molar-refractivity contribution in [2.45, 2.75) is 19.8 Å². The van der Waals surface area contributed by atoms with Gasteiger partial charge in [-0.3, -0.25) is 4.98 Å². The molecule has 130 valence electrons. The number of halogens is 1. The van der Waals surface area contributed by atoms with Crippen molar-refractivity contribution in [3.8, 4) is 0 Å². The maximum absolute atomic E-state index is 12.6. The number of benzene rings is 1. The molecule has 8 heteroatoms. The van der Waals surface area contributed by atoms with Gasteiger partial charge in [0, 0.05) is 15.7 Å². The molecule has 0 bridgehead atoms. The lowest BCUT2D eigenvalue weighted by molar-refractivity contribution is -0.138. The molecule has 25 heavy (non-hydrogen) atoms. The van der Waals surface area contributed by atoms with Gasteiger partial charge in [-0.1, -0.05) is 28.1 Å². The first kappa shape index (κ1) is 17.2. The highest BCUT2D eigenvalue weighted by molar-refractivity contribution is 9.10. The number of nitrogens with one attached hydrogen (secondary N) is 2. The average Bonchev–Trinajstić information content (AvgIpc) is 2.54. The van der Waals surface area contributed by atoms with E-state index < -0.39 is 17.6 Å². The Hall–Kier alpha value is -2.61. The molecule has 1 aromatic heterocycles. The number of rotatable bonds is 3. The lowest BCUT2D eigenvalue weighted by Gasteiger charge is -2.29. The number of hydrogen-bond donors (Lipinski definition) is 3. The summed E-state index contributed by atoms with van der Waals surface area (Å²) < 4.78 is 6.14. The quantitative estimate of drug-likeness (QED) is 0.677. The van der Waals surface area contributed by atoms with Gasteiger partial charge in [0.25, 0.3) is 0 Å². The normalized spacial score (nSPS) is 16.2. The molecule has 3 rings (SSSR count). The lowest BCUT2D eigenvalue weighted by atomic mass is 9.82. The third kappa shape index (κ3) is 3.17. The number of nitrogens with two attached hydrogens (primary N) is 1. The first-order valence-electron chi connectivity index (χ1n) is 7.72. The third-order valence-electron chi connectivity index (χ3n) is 3.99. The van der Waals surface area contributed by atoms with Crippen LogP contribution >= 0.6 is 15.9 Å². The van der Waals surface area contributed by atoms with Crippen LogP contribution in [0.1, 0.15) is 30.9 Å². The van der Waals surface area contributed by atoms with Gasteiger partial charge in [-0.05, 0) is 31.5 Å². The summed E-state index contributed by atoms with van der Waals surface area (Å²) in [6.45, 7) is 3.76. The zero-order valence-corrected chi connectivity index (χ0v) is 15.3. The molecule has 1 aliphatic rings. The summed E-state index contributed by atoms with van der Waals surface area (Å²) in [6.07, 6.45) is 0. The highest BCUT2D eigenvalue weighted by atomic mass is 79.9. The van der Waals surface area contributed by atoms with Gasteiger partial charge in [0.15, 0.2) is 0 Å². The number of H-pyrrole nitrogens is 1. The number of fused-ring (bicyclic) bond motifs is 1. The SMILES string of the molecule is CCOC(=O)C1=C(C)Nc2nc(=O)[nH]c(N)c2C1c1ccc(Br)cc1. The molecule has 1 aliphatic heterocycles. The Kier molecular flexibility index (Phi) is 4.63. The number of carbonyl (C=O) groups is 1. The largest absolute Gasteiger partial charge is 0.463 e. The fourth-order valence-electron chi connectivity index (χ4n) is 2.96. The minimum absolute atomic E-state index is 0.171. The third-order valence-corrected chi connectivity index (χ3v) is 4.51. The first-order valence-corrected chi connectivity index (χ1v) is 8.51. The van der Waals surface area contributed by atoms with Crippen LogP contribution in [0.5, 0.6) is 0 Å². The molecule has 0 amide bonds. The molecule has 0 saturated heterocycles. The maximum atomic E-state index is 12.6. The molecular formula is C17H17BrN4O3. The van der Waals surface area contributed by atoms with Gasteiger partial charge < -0.3 is 15.8 Å². The number of ether oxygens (including phenoxy) is 1. The number of allylic oxidation sites excluding steroid dienone is 1. The standard InChI is InChI=1S/C17H17BrN4O3/c1-3-25-16(23)11-8(2)20-15-13(14(19)21-17(24)22-15)12(11)9-4-6-10(18)7-5-9/h4-7,12H,3H2,1-2H3,(H4,19,20,21,22,24). The van der Waals surface area contributed by atoms with Crippen molar-refractivity contribution in [1.29, 1.82) is 0 Å². The van der Waals surface area contributed by atoms with E-state index in [1.807, 2.05) is 24.3 Å². The van der Waals surface area contributed by atoms with Gasteiger partial charge in [-0.15, -0.1) is 0 Å². The molecule has 1 aromatic carbocycles. The number of aromatic amines is 1. The van der Waals surface area contributed by atoms with Crippen molar-refractivity contribution in [3.63, 3.8) is 0 Å². The molecule has 4 N–H and O–H groups in total. The van der Waals surface area contributed by atoms with E-state index in [0.29, 0.717) is 22.7 Å². The first-order chi connectivity index (χ1) is 11.9. The molecule has 7 nitrogen and oxygen atoms in total. The summed E-state index contributed by atoms with van der Waals surface area (Å²) in [7, 11) is 0. The molecule has 0 spiro atoms. The molecule has 1 unspecified atom stereocenters. The topological polar surface area (TPSA) is 110 Å². The van der Waals surface area contributed by atoms with Crippen molar-refractivity contribution in [1.82, 2.24) is 9.97 Å². The minimum atomic E-state index is -0.550. The van der Waals surface area contributed by atoms with Crippen LogP contribution < -0.4 is 16.7 Å². The van der Waals surface area contributed by atoms with Gasteiger partial charge in [0.1, 0.15) is 11.6 Å². The van der Waals surface area contributed by atoms with E-state index in [4.69, 9.17) is 10.5 Å². The summed E-state index contributed by atoms with van der Waals surface area (Å²) in [6, 6.07) is 7.54. The fourth-order valence-corrected chi connectivity index (χ4v) is 3.23. The van der Waals surface area contributed by atoms with Gasteiger partial charge in [-0.25, -0.2) is 9.59 Å². The number of nitrogen functional groups attached to an aromatic ring is 1. The van der Waals surface area contributed by atoms with E-state index in [9.17, 15) is 9.59 Å². The fraction of sp³-hybridized carbons (Fsp3) is 0.235. The molecule has 0 radical (unpaired) electrons. The van der Waals surface area contributed by atoms with Crippen LogP contribution in [0.3, 0.4) is 0 Å². The number of aromatic nitrogens is 2. The van der Waals surface area contributed by atoms with E-state index in [-0.39, 0.29) is 12.4 Å². The highest BCUT2D eigenvalue weighted by Gasteiger charge is 2.35. The van der Waals surface area contributed by atoms with E-state index in [0.717, 1.165) is 10.0 Å². The Bertz CT molecular complexity index is 918. The molecular weight excluding hydrogens is 388 g/mol. The van der Waals surface area contributed by atoms with Crippen molar-refractivity contribution in [2.75, 3.05) is 17.7 Å². The predicted molar refractivity (Wildman–Crippen MR) is 98.2 cm³/mol. The molecule has 2 heterocycles. The molecule has 0 aliphatic carbocycles. The summed E-state index contributed by atoms with van der Waals surface area (Å²) in [5.74, 6) is -0.408. The van der Waals surface area contributed by atoms with Gasteiger partial charge in [-0.2, -0.15) is 4.98 Å². The van der Waals surface area contributed by atoms with Crippen LogP contribution in [-0.4, -0.2) is 22.5 Å². The van der Waals surface area contributed by atoms with Crippen molar-refractivity contribution in [3.05, 3.63) is 61.6 Å². The molecule has 0 fully saturated rings. The molecule has 2 aromatic rings. The number of carbonyl (C=O) groups excluding carboxylic acids is 1. The smallest absolute Gasteiger partial charge is 0.348 e. The summed E-state index contributed by atoms with van der Waals surface area (Å²) in [5, 5.41) is 3.00. The Morgan fingerprint density at radius 2 is 2.04 bits per heavy atom. The minimum Gasteiger partial charge on any atom is -0.463 e. The zero-order valence-electron chi connectivity index (χ0n) is 13.7. The van der Waals surface area contributed by atoms with Crippen molar-refractivity contribution < 1.29 is 9.53 Å². The summed E-state index contributed by atoms with van der Waals surface area (Å²) >= 11 is 3.41. The van der Waals surface area contributed by atoms with Crippen LogP contribution in [0.2, 0.25) is 0 Å². The van der Waals surface area contributed by atoms with Crippen molar-refractivity contribution in [2.24, 2.45) is 0 Å². The molecule has 1 atom stereocenters. The van der Waals surface area contributed by atoms with Crippen LogP contribution in [0.25, 0.3) is 0 Å². The van der Waals surface area contributed by atoms with E-state index in [1.54, 1.807) is 13.8 Å². The Labute approximate surface area is 152 Å². The van der Waals surface area contributed by atoms with E-state index >= 15 is 0 Å². The Morgan fingerprint density at radius 1 is 1.36 bits per heavy atom. The number of hydrogen-bond acceptors (Lipinski definition) is 6. The number of anilines is 2. The van der Waals surface area contributed by atoms with E-state index in [1.165, 1.54) is 0 Å². The monoisotopic (exact) mass is 404 g/mol. The van der Waals surface area contributed by atoms with Crippen LogP contribution in [-0.2, 0) is 9.53 Å². The Morgan fingerprint density at radius 3 is 2.68 bits per heavy atom. The summed E-state index contributed by atoms with van der Waals surface area (Å²) in [5.41, 5.74) is 7.93. The predicted octanol–water partition coefficient (Wildman–Crippen LogP) is 2.51. The van der Waals surface area contributed by atoms with Gasteiger partial charge >= 0.3 is 11.7 Å². The summed E-state index contributed by atoms with van der Waals surface area (Å²) in [4.78, 5) is 30.7. The Balaban J connectivity index is 2.26. The van der Waals surface area contributed by atoms with E-state index in [2.05, 4.69) is 31.2 Å². The zero-order chi connectivity index (χ0) is 18.1. The van der Waals surface area contributed by atoms with Crippen LogP contribution in [0, 0.1) is 0 Å². The maximum Gasteiger partial charge on any atom is 0.348 e. The lowest BCUT2D eigenvalue weighted by Crippen LogP contribution is -2.29. The van der Waals surface area contributed by atoms with Gasteiger partial charge in [0.2, 0.25) is 0 Å². The number of esters is 1. The average molecular weight is 405 g/mol. The van der Waals surface area contributed by atoms with Crippen LogP contribution in [0.4, 0.5) is 11.6 Å². The second-order valence-electron chi connectivity index (χ2n) is 5.59.